The summed E-state index contributed by atoms with van der Waals surface area (Å²) in [5.74, 6) is -0.158. The van der Waals surface area contributed by atoms with Crippen molar-refractivity contribution in [2.75, 3.05) is 10.6 Å². The van der Waals surface area contributed by atoms with Crippen LogP contribution in [0, 0.1) is 13.8 Å². The van der Waals surface area contributed by atoms with E-state index in [1.807, 2.05) is 134 Å². The van der Waals surface area contributed by atoms with Crippen LogP contribution in [0.4, 0.5) is 11.4 Å². The minimum atomic E-state index is -4.27. The van der Waals surface area contributed by atoms with Crippen LogP contribution < -0.4 is 19.8 Å². The van der Waals surface area contributed by atoms with E-state index in [0.717, 1.165) is 55.4 Å². The summed E-state index contributed by atoms with van der Waals surface area (Å²) in [5, 5.41) is 8.09. The number of hydrogen-bond donors (Lipinski definition) is 2. The topological polar surface area (TPSA) is 180 Å². The Bertz CT molecular complexity index is 2600. The van der Waals surface area contributed by atoms with Crippen molar-refractivity contribution in [3.8, 4) is 0 Å². The maximum Gasteiger partial charge on any atom is 0.228 e. The molecule has 0 unspecified atom stereocenters. The standard InChI is InChI=1S/C30H26N4O2.2C7H8O3S/c1-33-15-3-5-23-19-25(11-13-27(23)33)31-29(35)17-21-7-9-22(10-8-21)18-30(36)32-26-12-14-28-24(20-26)6-4-16-34(28)2;2*1-6-2-4-7(5-3-6)11(8,9)10/h3-16,19-20H,17-18H2,1-2H3;2*2-5H,1H3,(H,8,9,10). The molecule has 2 heterocycles. The zero-order chi connectivity index (χ0) is 42.0. The Morgan fingerprint density at radius 3 is 1.19 bits per heavy atom. The van der Waals surface area contributed by atoms with E-state index in [9.17, 15) is 35.5 Å². The first kappa shape index (κ1) is 42.8. The molecule has 0 radical (unpaired) electrons. The summed E-state index contributed by atoms with van der Waals surface area (Å²) in [5.41, 5.74) is 7.39. The van der Waals surface area contributed by atoms with Crippen LogP contribution >= 0.6 is 0 Å². The van der Waals surface area contributed by atoms with Crippen LogP contribution in [-0.2, 0) is 56.8 Å². The lowest BCUT2D eigenvalue weighted by atomic mass is 10.1. The number of amides is 2. The van der Waals surface area contributed by atoms with Crippen molar-refractivity contribution in [3.05, 3.63) is 168 Å². The average molecular weight is 819 g/mol. The molecule has 7 rings (SSSR count). The molecule has 0 fully saturated rings. The SMILES string of the molecule is C[n+]1cccc2cc(NC(=O)Cc3ccc(CC(=O)Nc4ccc5c(ccc[n+]5C)c4)cc3)ccc21.Cc1ccc(S(=O)(=O)[O-])cc1.Cc1ccc(S(=O)(=O)[O-])cc1. The van der Waals surface area contributed by atoms with Gasteiger partial charge in [0.25, 0.3) is 0 Å². The van der Waals surface area contributed by atoms with Crippen LogP contribution in [0.25, 0.3) is 21.8 Å². The molecule has 0 saturated heterocycles. The highest BCUT2D eigenvalue weighted by atomic mass is 32.2. The molecule has 2 amide bonds. The van der Waals surface area contributed by atoms with Crippen molar-refractivity contribution in [2.24, 2.45) is 14.1 Å². The van der Waals surface area contributed by atoms with Crippen molar-refractivity contribution >= 4 is 65.2 Å². The number of nitrogens with one attached hydrogen (secondary N) is 2. The number of hydrogen-bond acceptors (Lipinski definition) is 8. The van der Waals surface area contributed by atoms with Crippen molar-refractivity contribution in [1.29, 1.82) is 0 Å². The number of fused-ring (bicyclic) bond motifs is 2. The van der Waals surface area contributed by atoms with Gasteiger partial charge in [0.05, 0.1) is 22.6 Å². The number of pyridine rings is 2. The predicted octanol–water partition coefficient (Wildman–Crippen LogP) is 5.80. The van der Waals surface area contributed by atoms with Gasteiger partial charge in [-0.3, -0.25) is 9.59 Å². The molecule has 7 aromatic rings. The molecule has 0 atom stereocenters. The molecule has 0 aliphatic carbocycles. The molecule has 0 aliphatic rings. The fourth-order valence-corrected chi connectivity index (χ4v) is 6.79. The number of carbonyl (C=O) groups excluding carboxylic acids is 2. The van der Waals surface area contributed by atoms with E-state index in [0.29, 0.717) is 0 Å². The van der Waals surface area contributed by atoms with Crippen LogP contribution in [0.5, 0.6) is 0 Å². The number of anilines is 2. The van der Waals surface area contributed by atoms with Crippen LogP contribution in [-0.4, -0.2) is 37.8 Å². The molecule has 298 valence electrons. The van der Waals surface area contributed by atoms with Gasteiger partial charge < -0.3 is 19.7 Å². The average Bonchev–Trinajstić information content (AvgIpc) is 3.16. The number of rotatable bonds is 8. The van der Waals surface area contributed by atoms with Crippen molar-refractivity contribution < 1.29 is 44.7 Å². The molecule has 2 N–H and O–H groups in total. The molecule has 5 aromatic carbocycles. The highest BCUT2D eigenvalue weighted by Gasteiger charge is 2.11. The number of aryl methyl sites for hydroxylation is 4. The van der Waals surface area contributed by atoms with Gasteiger partial charge >= 0.3 is 0 Å². The zero-order valence-electron chi connectivity index (χ0n) is 32.2. The maximum absolute atomic E-state index is 12.6. The zero-order valence-corrected chi connectivity index (χ0v) is 33.9. The normalized spacial score (nSPS) is 11.1. The number of carbonyl (C=O) groups is 2. The van der Waals surface area contributed by atoms with Gasteiger partial charge in [-0.2, -0.15) is 0 Å². The third kappa shape index (κ3) is 12.3. The second kappa shape index (κ2) is 18.7. The van der Waals surface area contributed by atoms with Crippen LogP contribution in [0.3, 0.4) is 0 Å². The first-order chi connectivity index (χ1) is 27.4. The van der Waals surface area contributed by atoms with Crippen LogP contribution in [0.1, 0.15) is 22.3 Å². The Hall–Kier alpha value is -6.32. The molecular weight excluding hydrogens is 777 g/mol. The Balaban J connectivity index is 0.000000236. The molecule has 0 bridgehead atoms. The van der Waals surface area contributed by atoms with Crippen molar-refractivity contribution in [3.63, 3.8) is 0 Å². The van der Waals surface area contributed by atoms with Gasteiger partial charge in [0, 0.05) is 46.4 Å². The largest absolute Gasteiger partial charge is 0.744 e. The third-order valence-electron chi connectivity index (χ3n) is 8.93. The first-order valence-electron chi connectivity index (χ1n) is 17.9. The maximum atomic E-state index is 12.6. The molecule has 58 heavy (non-hydrogen) atoms. The summed E-state index contributed by atoms with van der Waals surface area (Å²) in [7, 11) is -4.54. The van der Waals surface area contributed by atoms with Crippen LogP contribution in [0.2, 0.25) is 0 Å². The second-order valence-corrected chi connectivity index (χ2v) is 16.3. The number of nitrogens with zero attached hydrogens (tertiary/aromatic N) is 2. The predicted molar refractivity (Wildman–Crippen MR) is 220 cm³/mol. The fourth-order valence-electron chi connectivity index (χ4n) is 5.85. The Kier molecular flexibility index (Phi) is 13.8. The third-order valence-corrected chi connectivity index (χ3v) is 10.6. The summed E-state index contributed by atoms with van der Waals surface area (Å²) in [6, 6.07) is 39.0. The minimum absolute atomic E-state index is 0.0788. The lowest BCUT2D eigenvalue weighted by Crippen LogP contribution is -2.27. The number of aromatic nitrogens is 2. The summed E-state index contributed by atoms with van der Waals surface area (Å²) in [6.45, 7) is 3.64. The Labute approximate surface area is 337 Å². The Morgan fingerprint density at radius 2 is 0.862 bits per heavy atom. The van der Waals surface area contributed by atoms with E-state index in [1.54, 1.807) is 24.3 Å². The van der Waals surface area contributed by atoms with E-state index in [4.69, 9.17) is 0 Å². The molecular formula is C44H42N4O8S2. The van der Waals surface area contributed by atoms with Gasteiger partial charge in [-0.25, -0.2) is 26.0 Å². The van der Waals surface area contributed by atoms with Gasteiger partial charge in [-0.15, -0.1) is 0 Å². The quantitative estimate of drug-likeness (QED) is 0.143. The molecule has 0 spiro atoms. The van der Waals surface area contributed by atoms with Gasteiger partial charge in [-0.1, -0.05) is 59.7 Å². The second-order valence-electron chi connectivity index (χ2n) is 13.6. The highest BCUT2D eigenvalue weighted by molar-refractivity contribution is 7.86. The van der Waals surface area contributed by atoms with E-state index >= 15 is 0 Å². The minimum Gasteiger partial charge on any atom is -0.744 e. The van der Waals surface area contributed by atoms with Crippen molar-refractivity contribution in [2.45, 2.75) is 36.5 Å². The molecule has 12 nitrogen and oxygen atoms in total. The summed E-state index contributed by atoms with van der Waals surface area (Å²) >= 11 is 0. The molecule has 0 aliphatic heterocycles. The smallest absolute Gasteiger partial charge is 0.228 e. The lowest BCUT2D eigenvalue weighted by molar-refractivity contribution is -0.645. The van der Waals surface area contributed by atoms with Crippen molar-refractivity contribution in [1.82, 2.24) is 0 Å². The van der Waals surface area contributed by atoms with E-state index in [1.165, 1.54) is 24.3 Å². The molecule has 2 aromatic heterocycles. The Morgan fingerprint density at radius 1 is 0.517 bits per heavy atom. The fraction of sp³-hybridized carbons (Fsp3) is 0.136. The van der Waals surface area contributed by atoms with E-state index < -0.39 is 20.2 Å². The summed E-state index contributed by atoms with van der Waals surface area (Å²) in [4.78, 5) is 24.8. The monoisotopic (exact) mass is 818 g/mol. The van der Waals surface area contributed by atoms with E-state index in [-0.39, 0.29) is 34.4 Å². The van der Waals surface area contributed by atoms with Gasteiger partial charge in [0.1, 0.15) is 34.3 Å². The van der Waals surface area contributed by atoms with E-state index in [2.05, 4.69) is 10.6 Å². The van der Waals surface area contributed by atoms with Gasteiger partial charge in [-0.05, 0) is 85.6 Å². The lowest BCUT2D eigenvalue weighted by Gasteiger charge is -2.08. The van der Waals surface area contributed by atoms with Gasteiger partial charge in [0.15, 0.2) is 12.4 Å². The molecule has 0 saturated carbocycles. The highest BCUT2D eigenvalue weighted by Crippen LogP contribution is 2.19. The summed E-state index contributed by atoms with van der Waals surface area (Å²) < 4.78 is 66.4. The number of benzene rings is 5. The van der Waals surface area contributed by atoms with Gasteiger partial charge in [0.2, 0.25) is 22.8 Å². The molecule has 14 heteroatoms. The van der Waals surface area contributed by atoms with Crippen LogP contribution in [0.15, 0.2) is 156 Å². The summed E-state index contributed by atoms with van der Waals surface area (Å²) in [6.07, 6.45) is 4.53. The first-order valence-corrected chi connectivity index (χ1v) is 20.8.